The summed E-state index contributed by atoms with van der Waals surface area (Å²) in [6.07, 6.45) is 0. The number of aromatic nitrogens is 1. The maximum absolute atomic E-state index is 13.7. The SMILES string of the molecule is Cc1c(F)cc(C#N)cc1NC(=O)c1nc(Cl)ccc1Cl. The van der Waals surface area contributed by atoms with Crippen molar-refractivity contribution in [1.82, 2.24) is 4.98 Å². The monoisotopic (exact) mass is 323 g/mol. The molecule has 1 amide bonds. The Morgan fingerprint density at radius 2 is 2.10 bits per heavy atom. The topological polar surface area (TPSA) is 65.8 Å². The van der Waals surface area contributed by atoms with Gasteiger partial charge in [0.1, 0.15) is 16.7 Å². The second kappa shape index (κ2) is 6.08. The van der Waals surface area contributed by atoms with Gasteiger partial charge in [-0.1, -0.05) is 23.2 Å². The van der Waals surface area contributed by atoms with Crippen molar-refractivity contribution in [3.05, 3.63) is 57.1 Å². The second-order valence-electron chi connectivity index (χ2n) is 4.16. The zero-order valence-corrected chi connectivity index (χ0v) is 12.3. The highest BCUT2D eigenvalue weighted by atomic mass is 35.5. The Balaban J connectivity index is 2.38. The predicted octanol–water partition coefficient (Wildman–Crippen LogP) is 3.96. The van der Waals surface area contributed by atoms with Crippen LogP contribution in [0.15, 0.2) is 24.3 Å². The number of halogens is 3. The van der Waals surface area contributed by atoms with E-state index >= 15 is 0 Å². The molecule has 0 aliphatic carbocycles. The Bertz CT molecular complexity index is 772. The first kappa shape index (κ1) is 15.2. The van der Waals surface area contributed by atoms with E-state index in [-0.39, 0.29) is 32.7 Å². The maximum Gasteiger partial charge on any atom is 0.275 e. The molecule has 1 heterocycles. The van der Waals surface area contributed by atoms with E-state index in [1.807, 2.05) is 6.07 Å². The molecule has 7 heteroatoms. The molecule has 0 aliphatic rings. The molecule has 0 saturated heterocycles. The van der Waals surface area contributed by atoms with Crippen LogP contribution in [0.25, 0.3) is 0 Å². The summed E-state index contributed by atoms with van der Waals surface area (Å²) in [6.45, 7) is 1.49. The molecule has 0 bridgehead atoms. The van der Waals surface area contributed by atoms with Crippen molar-refractivity contribution in [3.63, 3.8) is 0 Å². The van der Waals surface area contributed by atoms with Gasteiger partial charge in [-0.15, -0.1) is 0 Å². The number of rotatable bonds is 2. The molecule has 0 saturated carbocycles. The van der Waals surface area contributed by atoms with Crippen LogP contribution in [0.5, 0.6) is 0 Å². The molecule has 2 aromatic rings. The number of nitriles is 1. The fourth-order valence-corrected chi connectivity index (χ4v) is 1.97. The van der Waals surface area contributed by atoms with Gasteiger partial charge in [0.15, 0.2) is 0 Å². The van der Waals surface area contributed by atoms with Gasteiger partial charge in [0.05, 0.1) is 16.7 Å². The van der Waals surface area contributed by atoms with E-state index in [1.165, 1.54) is 25.1 Å². The van der Waals surface area contributed by atoms with Gasteiger partial charge in [-0.2, -0.15) is 5.26 Å². The zero-order chi connectivity index (χ0) is 15.6. The summed E-state index contributed by atoms with van der Waals surface area (Å²) in [7, 11) is 0. The minimum Gasteiger partial charge on any atom is -0.320 e. The summed E-state index contributed by atoms with van der Waals surface area (Å²) in [4.78, 5) is 16.0. The molecule has 0 unspecified atom stereocenters. The molecule has 0 spiro atoms. The molecule has 0 aliphatic heterocycles. The van der Waals surface area contributed by atoms with E-state index in [9.17, 15) is 9.18 Å². The number of nitrogens with zero attached hydrogens (tertiary/aromatic N) is 2. The van der Waals surface area contributed by atoms with E-state index < -0.39 is 11.7 Å². The highest BCUT2D eigenvalue weighted by molar-refractivity contribution is 6.35. The van der Waals surface area contributed by atoms with E-state index in [1.54, 1.807) is 0 Å². The molecule has 106 valence electrons. The second-order valence-corrected chi connectivity index (χ2v) is 4.96. The van der Waals surface area contributed by atoms with E-state index in [0.717, 1.165) is 6.07 Å². The highest BCUT2D eigenvalue weighted by Gasteiger charge is 2.16. The fourth-order valence-electron chi connectivity index (χ4n) is 1.63. The first-order valence-corrected chi connectivity index (χ1v) is 6.51. The van der Waals surface area contributed by atoms with Crippen molar-refractivity contribution < 1.29 is 9.18 Å². The summed E-state index contributed by atoms with van der Waals surface area (Å²) in [5.74, 6) is -1.23. The van der Waals surface area contributed by atoms with Gasteiger partial charge in [-0.05, 0) is 31.2 Å². The summed E-state index contributed by atoms with van der Waals surface area (Å²) in [5.41, 5.74) is 0.403. The van der Waals surface area contributed by atoms with E-state index in [0.29, 0.717) is 0 Å². The van der Waals surface area contributed by atoms with Crippen LogP contribution in [-0.4, -0.2) is 10.9 Å². The van der Waals surface area contributed by atoms with Crippen LogP contribution in [0, 0.1) is 24.1 Å². The minimum atomic E-state index is -0.639. The Kier molecular flexibility index (Phi) is 4.41. The number of carbonyl (C=O) groups excluding carboxylic acids is 1. The lowest BCUT2D eigenvalue weighted by Gasteiger charge is -2.10. The average molecular weight is 324 g/mol. The van der Waals surface area contributed by atoms with Crippen LogP contribution in [-0.2, 0) is 0 Å². The molecular formula is C14H8Cl2FN3O. The van der Waals surface area contributed by atoms with Crippen molar-refractivity contribution in [2.45, 2.75) is 6.92 Å². The number of anilines is 1. The first-order valence-electron chi connectivity index (χ1n) is 5.76. The van der Waals surface area contributed by atoms with Crippen LogP contribution in [0.2, 0.25) is 10.2 Å². The van der Waals surface area contributed by atoms with Gasteiger partial charge < -0.3 is 5.32 Å². The number of pyridine rings is 1. The molecule has 1 aromatic heterocycles. The molecule has 2 rings (SSSR count). The molecular weight excluding hydrogens is 316 g/mol. The standard InChI is InChI=1S/C14H8Cl2FN3O/c1-7-10(17)4-8(6-18)5-11(7)19-14(21)13-9(15)2-3-12(16)20-13/h2-5H,1H3,(H,19,21). The lowest BCUT2D eigenvalue weighted by Crippen LogP contribution is -2.15. The molecule has 21 heavy (non-hydrogen) atoms. The van der Waals surface area contributed by atoms with Crippen LogP contribution >= 0.6 is 23.2 Å². The van der Waals surface area contributed by atoms with E-state index in [4.69, 9.17) is 28.5 Å². The predicted molar refractivity (Wildman–Crippen MR) is 78.1 cm³/mol. The summed E-state index contributed by atoms with van der Waals surface area (Å²) >= 11 is 11.6. The van der Waals surface area contributed by atoms with Gasteiger partial charge in [0.25, 0.3) is 5.91 Å². The minimum absolute atomic E-state index is 0.0775. The van der Waals surface area contributed by atoms with Crippen LogP contribution in [0.1, 0.15) is 21.6 Å². The van der Waals surface area contributed by atoms with E-state index in [2.05, 4.69) is 10.3 Å². The third kappa shape index (κ3) is 3.30. The number of amides is 1. The molecule has 4 nitrogen and oxygen atoms in total. The van der Waals surface area contributed by atoms with Crippen molar-refractivity contribution in [1.29, 1.82) is 5.26 Å². The van der Waals surface area contributed by atoms with Gasteiger partial charge >= 0.3 is 0 Å². The lowest BCUT2D eigenvalue weighted by molar-refractivity contribution is 0.102. The smallest absolute Gasteiger partial charge is 0.275 e. The van der Waals surface area contributed by atoms with Gasteiger partial charge in [-0.3, -0.25) is 4.79 Å². The van der Waals surface area contributed by atoms with Crippen LogP contribution in [0.4, 0.5) is 10.1 Å². The number of nitrogens with one attached hydrogen (secondary N) is 1. The zero-order valence-electron chi connectivity index (χ0n) is 10.7. The quantitative estimate of drug-likeness (QED) is 0.850. The first-order chi connectivity index (χ1) is 9.92. The largest absolute Gasteiger partial charge is 0.320 e. The van der Waals surface area contributed by atoms with Gasteiger partial charge in [0.2, 0.25) is 0 Å². The third-order valence-corrected chi connectivity index (χ3v) is 3.26. The lowest BCUT2D eigenvalue weighted by atomic mass is 10.1. The molecule has 0 fully saturated rings. The Morgan fingerprint density at radius 3 is 2.76 bits per heavy atom. The number of carbonyl (C=O) groups is 1. The Hall–Kier alpha value is -2.16. The summed E-state index contributed by atoms with van der Waals surface area (Å²) < 4.78 is 13.7. The van der Waals surface area contributed by atoms with Gasteiger partial charge in [-0.25, -0.2) is 9.37 Å². The maximum atomic E-state index is 13.7. The molecule has 1 N–H and O–H groups in total. The highest BCUT2D eigenvalue weighted by Crippen LogP contribution is 2.23. The normalized spacial score (nSPS) is 10.0. The average Bonchev–Trinajstić information content (AvgIpc) is 2.46. The number of hydrogen-bond acceptors (Lipinski definition) is 3. The number of benzene rings is 1. The Morgan fingerprint density at radius 1 is 1.38 bits per heavy atom. The molecule has 0 radical (unpaired) electrons. The van der Waals surface area contributed by atoms with Gasteiger partial charge in [0, 0.05) is 11.3 Å². The van der Waals surface area contributed by atoms with Crippen molar-refractivity contribution in [2.75, 3.05) is 5.32 Å². The summed E-state index contributed by atoms with van der Waals surface area (Å²) in [5, 5.41) is 11.5. The van der Waals surface area contributed by atoms with Crippen LogP contribution < -0.4 is 5.32 Å². The third-order valence-electron chi connectivity index (χ3n) is 2.75. The number of hydrogen-bond donors (Lipinski definition) is 1. The molecule has 1 aromatic carbocycles. The van der Waals surface area contributed by atoms with Crippen LogP contribution in [0.3, 0.4) is 0 Å². The molecule has 0 atom stereocenters. The summed E-state index contributed by atoms with van der Waals surface area (Å²) in [6, 6.07) is 7.16. The Labute approximate surface area is 130 Å². The van der Waals surface area contributed by atoms with Crippen molar-refractivity contribution in [2.24, 2.45) is 0 Å². The van der Waals surface area contributed by atoms with Crippen molar-refractivity contribution in [3.8, 4) is 6.07 Å². The van der Waals surface area contributed by atoms with Crippen molar-refractivity contribution >= 4 is 34.8 Å². The fraction of sp³-hybridized carbons (Fsp3) is 0.0714.